The van der Waals surface area contributed by atoms with Gasteiger partial charge < -0.3 is 15.0 Å². The SMILES string of the molecule is c1ccc2c(c1)[nH]c1ccc3c([nH]c4c5c6ccccc6[nH]c5c5sc6ccccc6c5c34)c12. The van der Waals surface area contributed by atoms with Crippen molar-refractivity contribution in [1.82, 2.24) is 15.0 Å². The molecule has 34 heavy (non-hydrogen) atoms. The molecular formula is C30H17N3S. The molecule has 9 aromatic rings. The Kier molecular flexibility index (Phi) is 2.94. The van der Waals surface area contributed by atoms with Gasteiger partial charge in [-0.25, -0.2) is 0 Å². The zero-order valence-corrected chi connectivity index (χ0v) is 18.8. The molecule has 0 spiro atoms. The number of rotatable bonds is 0. The molecule has 0 saturated carbocycles. The summed E-state index contributed by atoms with van der Waals surface area (Å²) in [6.45, 7) is 0. The van der Waals surface area contributed by atoms with E-state index in [2.05, 4.69) is 99.9 Å². The lowest BCUT2D eigenvalue weighted by atomic mass is 10.0. The minimum Gasteiger partial charge on any atom is -0.354 e. The molecule has 5 aromatic carbocycles. The molecule has 0 saturated heterocycles. The Labute approximate surface area is 196 Å². The normalized spacial score (nSPS) is 12.7. The standard InChI is InChI=1S/C30H17N3S/c1-4-10-19-15(7-1)23-21(31-19)14-13-18-24-25-17-9-3-6-12-22(17)34-30(25)29-26(28(24)33-27(18)23)16-8-2-5-11-20(16)32-29/h1-14,31-33H. The van der Waals surface area contributed by atoms with Crippen LogP contribution in [0.15, 0.2) is 84.9 Å². The number of nitrogens with one attached hydrogen (secondary N) is 3. The average Bonchev–Trinajstić information content (AvgIpc) is 3.62. The first-order valence-electron chi connectivity index (χ1n) is 11.6. The fraction of sp³-hybridized carbons (Fsp3) is 0. The lowest BCUT2D eigenvalue weighted by Gasteiger charge is -2.01. The summed E-state index contributed by atoms with van der Waals surface area (Å²) in [7, 11) is 0. The molecule has 4 aromatic heterocycles. The van der Waals surface area contributed by atoms with Gasteiger partial charge in [-0.1, -0.05) is 60.7 Å². The van der Waals surface area contributed by atoms with Crippen LogP contribution >= 0.6 is 11.3 Å². The van der Waals surface area contributed by atoms with Gasteiger partial charge in [0, 0.05) is 64.3 Å². The third-order valence-corrected chi connectivity index (χ3v) is 8.66. The van der Waals surface area contributed by atoms with E-state index in [1.807, 2.05) is 11.3 Å². The fourth-order valence-corrected chi connectivity index (χ4v) is 7.31. The van der Waals surface area contributed by atoms with E-state index >= 15 is 0 Å². The summed E-state index contributed by atoms with van der Waals surface area (Å²) >= 11 is 1.89. The predicted octanol–water partition coefficient (Wildman–Crippen LogP) is 8.96. The summed E-state index contributed by atoms with van der Waals surface area (Å²) in [6, 6.07) is 30.6. The Bertz CT molecular complexity index is 2290. The van der Waals surface area contributed by atoms with Crippen LogP contribution in [0.4, 0.5) is 0 Å². The molecule has 0 aliphatic carbocycles. The molecule has 3 nitrogen and oxygen atoms in total. The van der Waals surface area contributed by atoms with E-state index in [0.717, 1.165) is 0 Å². The van der Waals surface area contributed by atoms with Crippen LogP contribution in [0.1, 0.15) is 0 Å². The third-order valence-electron chi connectivity index (χ3n) is 7.47. The molecule has 0 atom stereocenters. The number of hydrogen-bond acceptors (Lipinski definition) is 1. The molecule has 158 valence electrons. The van der Waals surface area contributed by atoms with Crippen LogP contribution in [-0.4, -0.2) is 15.0 Å². The molecule has 4 heteroatoms. The van der Waals surface area contributed by atoms with Gasteiger partial charge in [0.2, 0.25) is 0 Å². The van der Waals surface area contributed by atoms with E-state index < -0.39 is 0 Å². The minimum absolute atomic E-state index is 1.17. The van der Waals surface area contributed by atoms with E-state index in [4.69, 9.17) is 0 Å². The van der Waals surface area contributed by atoms with Crippen LogP contribution < -0.4 is 0 Å². The maximum Gasteiger partial charge on any atom is 0.0668 e. The maximum absolute atomic E-state index is 3.93. The van der Waals surface area contributed by atoms with Crippen molar-refractivity contribution in [2.75, 3.05) is 0 Å². The average molecular weight is 452 g/mol. The number of thiophene rings is 1. The highest BCUT2D eigenvalue weighted by Crippen LogP contribution is 2.48. The molecule has 0 amide bonds. The molecule has 0 radical (unpaired) electrons. The Hall–Kier alpha value is -4.28. The lowest BCUT2D eigenvalue weighted by molar-refractivity contribution is 1.55. The van der Waals surface area contributed by atoms with Crippen molar-refractivity contribution in [1.29, 1.82) is 0 Å². The number of aromatic amines is 3. The maximum atomic E-state index is 3.93. The van der Waals surface area contributed by atoms with E-state index in [1.165, 1.54) is 85.6 Å². The number of para-hydroxylation sites is 2. The highest BCUT2D eigenvalue weighted by atomic mass is 32.1. The summed E-state index contributed by atoms with van der Waals surface area (Å²) in [6.07, 6.45) is 0. The molecule has 4 heterocycles. The molecule has 0 aliphatic rings. The monoisotopic (exact) mass is 451 g/mol. The number of hydrogen-bond donors (Lipinski definition) is 3. The number of aromatic nitrogens is 3. The van der Waals surface area contributed by atoms with Crippen LogP contribution in [0.5, 0.6) is 0 Å². The number of benzene rings is 5. The van der Waals surface area contributed by atoms with E-state index in [0.29, 0.717) is 0 Å². The molecule has 3 N–H and O–H groups in total. The first-order chi connectivity index (χ1) is 16.9. The highest BCUT2D eigenvalue weighted by molar-refractivity contribution is 7.27. The summed E-state index contributed by atoms with van der Waals surface area (Å²) in [5, 5.41) is 10.4. The van der Waals surface area contributed by atoms with E-state index in [-0.39, 0.29) is 0 Å². The van der Waals surface area contributed by atoms with Gasteiger partial charge in [0.1, 0.15) is 0 Å². The minimum atomic E-state index is 1.17. The molecule has 0 aliphatic heterocycles. The summed E-state index contributed by atoms with van der Waals surface area (Å²) in [4.78, 5) is 11.3. The third kappa shape index (κ3) is 1.91. The largest absolute Gasteiger partial charge is 0.354 e. The zero-order valence-electron chi connectivity index (χ0n) is 18.0. The topological polar surface area (TPSA) is 47.4 Å². The van der Waals surface area contributed by atoms with Gasteiger partial charge in [0.05, 0.1) is 21.3 Å². The van der Waals surface area contributed by atoms with Gasteiger partial charge in [-0.05, 0) is 24.3 Å². The van der Waals surface area contributed by atoms with Crippen LogP contribution in [0.2, 0.25) is 0 Å². The van der Waals surface area contributed by atoms with E-state index in [9.17, 15) is 0 Å². The van der Waals surface area contributed by atoms with Crippen molar-refractivity contribution in [2.45, 2.75) is 0 Å². The smallest absolute Gasteiger partial charge is 0.0668 e. The van der Waals surface area contributed by atoms with Gasteiger partial charge in [-0.3, -0.25) is 0 Å². The second-order valence-corrected chi connectivity index (χ2v) is 10.2. The molecular weight excluding hydrogens is 434 g/mol. The highest BCUT2D eigenvalue weighted by Gasteiger charge is 2.22. The predicted molar refractivity (Wildman–Crippen MR) is 147 cm³/mol. The Morgan fingerprint density at radius 3 is 1.97 bits per heavy atom. The Morgan fingerprint density at radius 1 is 0.412 bits per heavy atom. The summed E-state index contributed by atoms with van der Waals surface area (Å²) in [5.74, 6) is 0. The first-order valence-corrected chi connectivity index (χ1v) is 12.4. The van der Waals surface area contributed by atoms with Crippen molar-refractivity contribution in [3.63, 3.8) is 0 Å². The van der Waals surface area contributed by atoms with Crippen molar-refractivity contribution in [2.24, 2.45) is 0 Å². The first kappa shape index (κ1) is 17.2. The van der Waals surface area contributed by atoms with E-state index in [1.54, 1.807) is 0 Å². The number of fused-ring (bicyclic) bond motifs is 16. The van der Waals surface area contributed by atoms with Crippen molar-refractivity contribution >= 4 is 96.9 Å². The van der Waals surface area contributed by atoms with Gasteiger partial charge in [0.25, 0.3) is 0 Å². The van der Waals surface area contributed by atoms with Crippen molar-refractivity contribution < 1.29 is 0 Å². The van der Waals surface area contributed by atoms with Crippen LogP contribution in [0, 0.1) is 0 Å². The van der Waals surface area contributed by atoms with Crippen LogP contribution in [0.25, 0.3) is 85.6 Å². The molecule has 0 unspecified atom stereocenters. The van der Waals surface area contributed by atoms with Gasteiger partial charge >= 0.3 is 0 Å². The van der Waals surface area contributed by atoms with Gasteiger partial charge in [-0.2, -0.15) is 0 Å². The van der Waals surface area contributed by atoms with Crippen molar-refractivity contribution in [3.05, 3.63) is 84.9 Å². The molecule has 9 rings (SSSR count). The Balaban J connectivity index is 1.67. The quantitative estimate of drug-likeness (QED) is 0.206. The fourth-order valence-electron chi connectivity index (χ4n) is 6.09. The molecule has 0 bridgehead atoms. The zero-order chi connectivity index (χ0) is 22.0. The van der Waals surface area contributed by atoms with Crippen LogP contribution in [0.3, 0.4) is 0 Å². The molecule has 0 fully saturated rings. The lowest BCUT2D eigenvalue weighted by Crippen LogP contribution is -1.76. The second-order valence-electron chi connectivity index (χ2n) is 9.18. The Morgan fingerprint density at radius 2 is 1.12 bits per heavy atom. The summed E-state index contributed by atoms with van der Waals surface area (Å²) in [5.41, 5.74) is 7.18. The van der Waals surface area contributed by atoms with Crippen LogP contribution in [-0.2, 0) is 0 Å². The van der Waals surface area contributed by atoms with Crippen molar-refractivity contribution in [3.8, 4) is 0 Å². The number of H-pyrrole nitrogens is 3. The van der Waals surface area contributed by atoms with Gasteiger partial charge in [-0.15, -0.1) is 11.3 Å². The second kappa shape index (κ2) is 5.79. The summed E-state index contributed by atoms with van der Waals surface area (Å²) < 4.78 is 2.66. The van der Waals surface area contributed by atoms with Gasteiger partial charge in [0.15, 0.2) is 0 Å².